The molecule has 2 saturated carbocycles. The second-order valence-electron chi connectivity index (χ2n) is 4.27. The third kappa shape index (κ3) is 2.46. The summed E-state index contributed by atoms with van der Waals surface area (Å²) in [5.74, 6) is 1.05. The number of hydrogen-bond donors (Lipinski definition) is 2. The zero-order valence-electron chi connectivity index (χ0n) is 7.10. The maximum Gasteiger partial charge on any atom is 0.0282 e. The molecule has 3 N–H and O–H groups in total. The smallest absolute Gasteiger partial charge is 0.0282 e. The molecule has 64 valence electrons. The lowest BCUT2D eigenvalue weighted by atomic mass is 10.2. The van der Waals surface area contributed by atoms with E-state index in [1.165, 1.54) is 38.6 Å². The Morgan fingerprint density at radius 2 is 2.09 bits per heavy atom. The molecule has 0 aromatic rings. The van der Waals surface area contributed by atoms with E-state index < -0.39 is 0 Å². The van der Waals surface area contributed by atoms with Crippen LogP contribution in [0.2, 0.25) is 0 Å². The molecule has 2 nitrogen and oxygen atoms in total. The van der Waals surface area contributed by atoms with Gasteiger partial charge in [-0.3, -0.25) is 0 Å². The summed E-state index contributed by atoms with van der Waals surface area (Å²) in [5, 5.41) is 3.43. The van der Waals surface area contributed by atoms with E-state index in [1.807, 2.05) is 0 Å². The fourth-order valence-corrected chi connectivity index (χ4v) is 1.39. The van der Waals surface area contributed by atoms with Crippen molar-refractivity contribution in [2.45, 2.75) is 37.6 Å². The molecule has 0 heterocycles. The second kappa shape index (κ2) is 2.76. The predicted octanol–water partition coefficient (Wildman–Crippen LogP) is 0.867. The molecule has 0 bridgehead atoms. The number of hydrogen-bond acceptors (Lipinski definition) is 2. The van der Waals surface area contributed by atoms with Crippen LogP contribution >= 0.6 is 0 Å². The number of rotatable bonds is 5. The van der Waals surface area contributed by atoms with Gasteiger partial charge >= 0.3 is 0 Å². The van der Waals surface area contributed by atoms with E-state index in [-0.39, 0.29) is 5.54 Å². The Balaban J connectivity index is 1.46. The van der Waals surface area contributed by atoms with Crippen LogP contribution in [0.1, 0.15) is 32.1 Å². The molecular formula is C9H18N2. The second-order valence-corrected chi connectivity index (χ2v) is 4.27. The first-order valence-corrected chi connectivity index (χ1v) is 4.78. The van der Waals surface area contributed by atoms with Crippen LogP contribution in [0.5, 0.6) is 0 Å². The Morgan fingerprint density at radius 1 is 1.36 bits per heavy atom. The summed E-state index contributed by atoms with van der Waals surface area (Å²) in [6, 6.07) is 0. The summed E-state index contributed by atoms with van der Waals surface area (Å²) in [7, 11) is 0. The van der Waals surface area contributed by atoms with Gasteiger partial charge < -0.3 is 11.1 Å². The Morgan fingerprint density at radius 3 is 2.64 bits per heavy atom. The fourth-order valence-electron chi connectivity index (χ4n) is 1.39. The van der Waals surface area contributed by atoms with Gasteiger partial charge in [0.15, 0.2) is 0 Å². The predicted molar refractivity (Wildman–Crippen MR) is 46.4 cm³/mol. The van der Waals surface area contributed by atoms with E-state index in [2.05, 4.69) is 5.32 Å². The first kappa shape index (κ1) is 7.56. The van der Waals surface area contributed by atoms with E-state index >= 15 is 0 Å². The van der Waals surface area contributed by atoms with Crippen LogP contribution in [0.15, 0.2) is 0 Å². The maximum absolute atomic E-state index is 5.92. The van der Waals surface area contributed by atoms with Crippen LogP contribution < -0.4 is 11.1 Å². The molecule has 0 aromatic heterocycles. The highest BCUT2D eigenvalue weighted by molar-refractivity contribution is 5.00. The minimum absolute atomic E-state index is 0.198. The summed E-state index contributed by atoms with van der Waals surface area (Å²) >= 11 is 0. The van der Waals surface area contributed by atoms with Crippen molar-refractivity contribution in [3.8, 4) is 0 Å². The fraction of sp³-hybridized carbons (Fsp3) is 1.00. The topological polar surface area (TPSA) is 38.0 Å². The summed E-state index contributed by atoms with van der Waals surface area (Å²) in [4.78, 5) is 0. The molecule has 11 heavy (non-hydrogen) atoms. The van der Waals surface area contributed by atoms with Gasteiger partial charge in [0, 0.05) is 12.1 Å². The van der Waals surface area contributed by atoms with Crippen LogP contribution in [0, 0.1) is 5.92 Å². The molecular weight excluding hydrogens is 136 g/mol. The molecule has 2 rings (SSSR count). The van der Waals surface area contributed by atoms with Gasteiger partial charge in [0.05, 0.1) is 0 Å². The van der Waals surface area contributed by atoms with Crippen molar-refractivity contribution in [1.82, 2.24) is 5.32 Å². The highest BCUT2D eigenvalue weighted by atomic mass is 15.0. The molecule has 2 heteroatoms. The van der Waals surface area contributed by atoms with Crippen LogP contribution in [-0.4, -0.2) is 18.6 Å². The third-order valence-corrected chi connectivity index (χ3v) is 2.80. The van der Waals surface area contributed by atoms with Gasteiger partial charge in [-0.05, 0) is 31.7 Å². The van der Waals surface area contributed by atoms with Gasteiger partial charge in [-0.1, -0.05) is 12.8 Å². The van der Waals surface area contributed by atoms with E-state index in [1.54, 1.807) is 0 Å². The van der Waals surface area contributed by atoms with Gasteiger partial charge in [-0.25, -0.2) is 0 Å². The Hall–Kier alpha value is -0.0800. The molecule has 0 aromatic carbocycles. The summed E-state index contributed by atoms with van der Waals surface area (Å²) < 4.78 is 0. The first-order valence-electron chi connectivity index (χ1n) is 4.78. The van der Waals surface area contributed by atoms with E-state index in [9.17, 15) is 0 Å². The Labute approximate surface area is 68.5 Å². The molecule has 2 fully saturated rings. The molecule has 2 aliphatic carbocycles. The van der Waals surface area contributed by atoms with Crippen LogP contribution in [0.4, 0.5) is 0 Å². The van der Waals surface area contributed by atoms with Crippen LogP contribution in [0.3, 0.4) is 0 Å². The molecule has 0 unspecified atom stereocenters. The first-order chi connectivity index (χ1) is 5.29. The molecule has 0 aliphatic heterocycles. The molecule has 2 aliphatic rings. The molecule has 0 atom stereocenters. The van der Waals surface area contributed by atoms with Crippen molar-refractivity contribution in [3.05, 3.63) is 0 Å². The van der Waals surface area contributed by atoms with Crippen molar-refractivity contribution >= 4 is 0 Å². The zero-order valence-corrected chi connectivity index (χ0v) is 7.10. The van der Waals surface area contributed by atoms with Crippen LogP contribution in [-0.2, 0) is 0 Å². The summed E-state index contributed by atoms with van der Waals surface area (Å²) in [6.45, 7) is 2.23. The van der Waals surface area contributed by atoms with Gasteiger partial charge in [-0.2, -0.15) is 0 Å². The lowest BCUT2D eigenvalue weighted by Crippen LogP contribution is -2.36. The molecule has 0 spiro atoms. The zero-order chi connectivity index (χ0) is 7.73. The summed E-state index contributed by atoms with van der Waals surface area (Å²) in [5.41, 5.74) is 6.11. The normalized spacial score (nSPS) is 27.0. The number of nitrogens with one attached hydrogen (secondary N) is 1. The third-order valence-electron chi connectivity index (χ3n) is 2.80. The molecule has 0 amide bonds. The van der Waals surface area contributed by atoms with Crippen molar-refractivity contribution in [2.24, 2.45) is 11.7 Å². The average Bonchev–Trinajstić information content (AvgIpc) is 2.80. The van der Waals surface area contributed by atoms with E-state index in [0.717, 1.165) is 12.5 Å². The van der Waals surface area contributed by atoms with Crippen molar-refractivity contribution in [1.29, 1.82) is 0 Å². The Kier molecular flexibility index (Phi) is 1.90. The van der Waals surface area contributed by atoms with Crippen molar-refractivity contribution in [2.75, 3.05) is 13.1 Å². The monoisotopic (exact) mass is 154 g/mol. The number of nitrogens with two attached hydrogens (primary N) is 1. The highest BCUT2D eigenvalue weighted by Crippen LogP contribution is 2.33. The van der Waals surface area contributed by atoms with Gasteiger partial charge in [0.25, 0.3) is 0 Å². The summed E-state index contributed by atoms with van der Waals surface area (Å²) in [6.07, 6.45) is 6.76. The maximum atomic E-state index is 5.92. The Bertz CT molecular complexity index is 136. The largest absolute Gasteiger partial charge is 0.324 e. The quantitative estimate of drug-likeness (QED) is 0.577. The minimum atomic E-state index is 0.198. The minimum Gasteiger partial charge on any atom is -0.324 e. The lowest BCUT2D eigenvalue weighted by molar-refractivity contribution is 0.543. The molecule has 0 radical (unpaired) electrons. The van der Waals surface area contributed by atoms with E-state index in [4.69, 9.17) is 5.73 Å². The molecule has 0 saturated heterocycles. The van der Waals surface area contributed by atoms with Crippen molar-refractivity contribution < 1.29 is 0 Å². The van der Waals surface area contributed by atoms with Crippen molar-refractivity contribution in [3.63, 3.8) is 0 Å². The van der Waals surface area contributed by atoms with Gasteiger partial charge in [-0.15, -0.1) is 0 Å². The van der Waals surface area contributed by atoms with Gasteiger partial charge in [0.1, 0.15) is 0 Å². The highest BCUT2D eigenvalue weighted by Gasteiger charge is 2.37. The van der Waals surface area contributed by atoms with Crippen LogP contribution in [0.25, 0.3) is 0 Å². The van der Waals surface area contributed by atoms with E-state index in [0.29, 0.717) is 0 Å². The van der Waals surface area contributed by atoms with Gasteiger partial charge in [0.2, 0.25) is 0 Å². The SMILES string of the molecule is NC1(CNCCC2CC2)CC1. The lowest BCUT2D eigenvalue weighted by Gasteiger charge is -2.09. The average molecular weight is 154 g/mol. The standard InChI is InChI=1S/C9H18N2/c10-9(4-5-9)7-11-6-3-8-1-2-8/h8,11H,1-7,10H2.